The third-order valence-electron chi connectivity index (χ3n) is 3.39. The van der Waals surface area contributed by atoms with Gasteiger partial charge in [-0.1, -0.05) is 0 Å². The van der Waals surface area contributed by atoms with E-state index in [1.807, 2.05) is 0 Å². The molecule has 88 valence electrons. The standard InChI is InChI=1S/C11H23N3O/c1-9-5-13-11(6-12-9)7-14-3-4-15-8-10(14)2/h9-13H,3-8H2,1-2H3/t9-,10-,11-/m1/s1. The number of hydrogen-bond acceptors (Lipinski definition) is 4. The van der Waals surface area contributed by atoms with Gasteiger partial charge in [-0.15, -0.1) is 0 Å². The molecule has 2 aliphatic heterocycles. The van der Waals surface area contributed by atoms with Crippen LogP contribution >= 0.6 is 0 Å². The summed E-state index contributed by atoms with van der Waals surface area (Å²) in [5.74, 6) is 0. The average Bonchev–Trinajstić information content (AvgIpc) is 2.25. The van der Waals surface area contributed by atoms with Gasteiger partial charge in [-0.25, -0.2) is 0 Å². The van der Waals surface area contributed by atoms with Crippen LogP contribution in [0.4, 0.5) is 0 Å². The summed E-state index contributed by atoms with van der Waals surface area (Å²) >= 11 is 0. The van der Waals surface area contributed by atoms with Crippen LogP contribution in [0, 0.1) is 0 Å². The molecule has 2 fully saturated rings. The lowest BCUT2D eigenvalue weighted by Gasteiger charge is -2.38. The van der Waals surface area contributed by atoms with Gasteiger partial charge in [0.2, 0.25) is 0 Å². The molecule has 4 nitrogen and oxygen atoms in total. The first-order chi connectivity index (χ1) is 7.25. The highest BCUT2D eigenvalue weighted by atomic mass is 16.5. The van der Waals surface area contributed by atoms with E-state index in [0.717, 1.165) is 39.4 Å². The molecule has 0 aromatic heterocycles. The molecule has 0 radical (unpaired) electrons. The van der Waals surface area contributed by atoms with Gasteiger partial charge in [0.15, 0.2) is 0 Å². The zero-order valence-electron chi connectivity index (χ0n) is 9.83. The van der Waals surface area contributed by atoms with Gasteiger partial charge in [-0.2, -0.15) is 0 Å². The highest BCUT2D eigenvalue weighted by Crippen LogP contribution is 2.07. The average molecular weight is 213 g/mol. The molecule has 2 saturated heterocycles. The normalized spacial score (nSPS) is 39.2. The Balaban J connectivity index is 1.75. The molecule has 2 heterocycles. The number of nitrogens with one attached hydrogen (secondary N) is 2. The van der Waals surface area contributed by atoms with Crippen molar-refractivity contribution in [1.29, 1.82) is 0 Å². The SMILES string of the molecule is C[C@@H]1CN[C@@H](CN2CCOC[C@H]2C)CN1. The first-order valence-corrected chi connectivity index (χ1v) is 6.04. The van der Waals surface area contributed by atoms with E-state index in [1.54, 1.807) is 0 Å². The van der Waals surface area contributed by atoms with Crippen LogP contribution in [0.15, 0.2) is 0 Å². The predicted molar refractivity (Wildman–Crippen MR) is 61.1 cm³/mol. The highest BCUT2D eigenvalue weighted by molar-refractivity contribution is 4.84. The van der Waals surface area contributed by atoms with Crippen molar-refractivity contribution >= 4 is 0 Å². The molecule has 2 N–H and O–H groups in total. The quantitative estimate of drug-likeness (QED) is 0.658. The van der Waals surface area contributed by atoms with E-state index in [-0.39, 0.29) is 0 Å². The van der Waals surface area contributed by atoms with Crippen LogP contribution < -0.4 is 10.6 Å². The summed E-state index contributed by atoms with van der Waals surface area (Å²) in [6.45, 7) is 10.6. The van der Waals surface area contributed by atoms with Crippen LogP contribution in [-0.2, 0) is 4.74 Å². The molecule has 0 unspecified atom stereocenters. The van der Waals surface area contributed by atoms with Crippen molar-refractivity contribution in [2.24, 2.45) is 0 Å². The summed E-state index contributed by atoms with van der Waals surface area (Å²) in [7, 11) is 0. The molecule has 0 amide bonds. The van der Waals surface area contributed by atoms with Gasteiger partial charge in [-0.05, 0) is 13.8 Å². The van der Waals surface area contributed by atoms with E-state index in [2.05, 4.69) is 29.4 Å². The Morgan fingerprint density at radius 3 is 2.80 bits per heavy atom. The van der Waals surface area contributed by atoms with Crippen molar-refractivity contribution < 1.29 is 4.74 Å². The van der Waals surface area contributed by atoms with Crippen LogP contribution in [0.1, 0.15) is 13.8 Å². The molecule has 2 rings (SSSR count). The van der Waals surface area contributed by atoms with Crippen molar-refractivity contribution in [3.8, 4) is 0 Å². The lowest BCUT2D eigenvalue weighted by Crippen LogP contribution is -2.59. The summed E-state index contributed by atoms with van der Waals surface area (Å²) in [6.07, 6.45) is 0. The molecule has 2 aliphatic rings. The van der Waals surface area contributed by atoms with Gasteiger partial charge in [0.25, 0.3) is 0 Å². The minimum Gasteiger partial charge on any atom is -0.379 e. The van der Waals surface area contributed by atoms with Crippen LogP contribution in [0.2, 0.25) is 0 Å². The van der Waals surface area contributed by atoms with Crippen LogP contribution in [-0.4, -0.2) is 62.4 Å². The van der Waals surface area contributed by atoms with Crippen molar-refractivity contribution in [3.63, 3.8) is 0 Å². The summed E-state index contributed by atoms with van der Waals surface area (Å²) in [5.41, 5.74) is 0. The van der Waals surface area contributed by atoms with Gasteiger partial charge >= 0.3 is 0 Å². The first kappa shape index (κ1) is 11.3. The summed E-state index contributed by atoms with van der Waals surface area (Å²) in [4.78, 5) is 2.53. The maximum atomic E-state index is 5.44. The second-order valence-electron chi connectivity index (χ2n) is 4.83. The molecular formula is C11H23N3O. The fourth-order valence-corrected chi connectivity index (χ4v) is 2.28. The van der Waals surface area contributed by atoms with Gasteiger partial charge in [0.1, 0.15) is 0 Å². The number of rotatable bonds is 2. The third kappa shape index (κ3) is 3.14. The van der Waals surface area contributed by atoms with E-state index in [0.29, 0.717) is 18.1 Å². The van der Waals surface area contributed by atoms with E-state index >= 15 is 0 Å². The number of hydrogen-bond donors (Lipinski definition) is 2. The molecule has 15 heavy (non-hydrogen) atoms. The summed E-state index contributed by atoms with van der Waals surface area (Å²) < 4.78 is 5.44. The molecule has 0 aromatic carbocycles. The van der Waals surface area contributed by atoms with Crippen LogP contribution in [0.25, 0.3) is 0 Å². The maximum absolute atomic E-state index is 5.44. The van der Waals surface area contributed by atoms with E-state index in [1.165, 1.54) is 0 Å². The third-order valence-corrected chi connectivity index (χ3v) is 3.39. The maximum Gasteiger partial charge on any atom is 0.0619 e. The Morgan fingerprint density at radius 1 is 1.27 bits per heavy atom. The van der Waals surface area contributed by atoms with Crippen molar-refractivity contribution in [3.05, 3.63) is 0 Å². The van der Waals surface area contributed by atoms with Crippen molar-refractivity contribution in [2.75, 3.05) is 39.4 Å². The molecular weight excluding hydrogens is 190 g/mol. The number of piperazine rings is 1. The molecule has 0 aromatic rings. The lowest BCUT2D eigenvalue weighted by atomic mass is 10.1. The summed E-state index contributed by atoms with van der Waals surface area (Å²) in [6, 6.07) is 1.78. The smallest absolute Gasteiger partial charge is 0.0619 e. The number of nitrogens with zero attached hydrogens (tertiary/aromatic N) is 1. The lowest BCUT2D eigenvalue weighted by molar-refractivity contribution is -0.00528. The van der Waals surface area contributed by atoms with Crippen LogP contribution in [0.5, 0.6) is 0 Å². The zero-order valence-corrected chi connectivity index (χ0v) is 9.83. The van der Waals surface area contributed by atoms with Gasteiger partial charge in [0.05, 0.1) is 13.2 Å². The minimum atomic E-state index is 0.569. The first-order valence-electron chi connectivity index (χ1n) is 6.04. The Bertz CT molecular complexity index is 192. The molecule has 0 aliphatic carbocycles. The Kier molecular flexibility index (Phi) is 3.97. The Morgan fingerprint density at radius 2 is 2.13 bits per heavy atom. The van der Waals surface area contributed by atoms with E-state index in [4.69, 9.17) is 4.74 Å². The summed E-state index contributed by atoms with van der Waals surface area (Å²) in [5, 5.41) is 7.11. The number of ether oxygens (including phenoxy) is 1. The van der Waals surface area contributed by atoms with Gasteiger partial charge in [0, 0.05) is 44.3 Å². The topological polar surface area (TPSA) is 36.5 Å². The molecule has 3 atom stereocenters. The zero-order chi connectivity index (χ0) is 10.7. The molecule has 4 heteroatoms. The second-order valence-corrected chi connectivity index (χ2v) is 4.83. The monoisotopic (exact) mass is 213 g/mol. The number of morpholine rings is 1. The van der Waals surface area contributed by atoms with Crippen molar-refractivity contribution in [1.82, 2.24) is 15.5 Å². The molecule has 0 saturated carbocycles. The van der Waals surface area contributed by atoms with E-state index < -0.39 is 0 Å². The largest absolute Gasteiger partial charge is 0.379 e. The minimum absolute atomic E-state index is 0.569. The second kappa shape index (κ2) is 5.25. The highest BCUT2D eigenvalue weighted by Gasteiger charge is 2.24. The molecule has 0 spiro atoms. The van der Waals surface area contributed by atoms with Crippen LogP contribution in [0.3, 0.4) is 0 Å². The fraction of sp³-hybridized carbons (Fsp3) is 1.00. The predicted octanol–water partition coefficient (Wildman–Crippen LogP) is -0.343. The molecule has 0 bridgehead atoms. The van der Waals surface area contributed by atoms with Crippen molar-refractivity contribution in [2.45, 2.75) is 32.0 Å². The fourth-order valence-electron chi connectivity index (χ4n) is 2.28. The van der Waals surface area contributed by atoms with Gasteiger partial charge in [-0.3, -0.25) is 4.90 Å². The Hall–Kier alpha value is -0.160. The Labute approximate surface area is 92.4 Å². The van der Waals surface area contributed by atoms with E-state index in [9.17, 15) is 0 Å². The van der Waals surface area contributed by atoms with Gasteiger partial charge < -0.3 is 15.4 Å².